The normalized spacial score (nSPS) is 13.0. The minimum atomic E-state index is -0.264. The molecule has 0 unspecified atom stereocenters. The third kappa shape index (κ3) is 4.21. The van der Waals surface area contributed by atoms with Gasteiger partial charge in [-0.3, -0.25) is 14.4 Å². The predicted octanol–water partition coefficient (Wildman–Crippen LogP) is 2.72. The fourth-order valence-corrected chi connectivity index (χ4v) is 2.94. The zero-order chi connectivity index (χ0) is 18.5. The molecule has 0 bridgehead atoms. The summed E-state index contributed by atoms with van der Waals surface area (Å²) < 4.78 is 0. The molecule has 0 aromatic heterocycles. The number of benzene rings is 2. The van der Waals surface area contributed by atoms with Crippen molar-refractivity contribution in [2.45, 2.75) is 19.4 Å². The van der Waals surface area contributed by atoms with Crippen molar-refractivity contribution in [3.63, 3.8) is 0 Å². The summed E-state index contributed by atoms with van der Waals surface area (Å²) in [6.07, 6.45) is 0.0690. The van der Waals surface area contributed by atoms with Crippen LogP contribution in [0.5, 0.6) is 0 Å². The monoisotopic (exact) mass is 371 g/mol. The second kappa shape index (κ2) is 8.01. The van der Waals surface area contributed by atoms with Crippen LogP contribution in [0.2, 0.25) is 5.02 Å². The van der Waals surface area contributed by atoms with Crippen molar-refractivity contribution < 1.29 is 14.4 Å². The number of hydrogen-bond acceptors (Lipinski definition) is 3. The van der Waals surface area contributed by atoms with Gasteiger partial charge < -0.3 is 15.5 Å². The summed E-state index contributed by atoms with van der Waals surface area (Å²) in [6, 6.07) is 14.3. The summed E-state index contributed by atoms with van der Waals surface area (Å²) >= 11 is 6.05. The first kappa shape index (κ1) is 17.9. The molecule has 3 amide bonds. The van der Waals surface area contributed by atoms with E-state index >= 15 is 0 Å². The number of nitrogens with one attached hydrogen (secondary N) is 2. The number of nitrogens with zero attached hydrogens (tertiary/aromatic N) is 1. The van der Waals surface area contributed by atoms with Crippen molar-refractivity contribution in [3.8, 4) is 0 Å². The largest absolute Gasteiger partial charge is 0.352 e. The average molecular weight is 372 g/mol. The van der Waals surface area contributed by atoms with Gasteiger partial charge in [0.2, 0.25) is 17.7 Å². The molecule has 2 aromatic rings. The van der Waals surface area contributed by atoms with E-state index in [4.69, 9.17) is 11.6 Å². The van der Waals surface area contributed by atoms with Gasteiger partial charge in [-0.2, -0.15) is 0 Å². The molecule has 3 rings (SSSR count). The molecule has 26 heavy (non-hydrogen) atoms. The Morgan fingerprint density at radius 2 is 1.81 bits per heavy atom. The minimum absolute atomic E-state index is 0.0238. The number of amides is 3. The highest BCUT2D eigenvalue weighted by Gasteiger charge is 2.26. The minimum Gasteiger partial charge on any atom is -0.352 e. The van der Waals surface area contributed by atoms with Crippen molar-refractivity contribution in [1.82, 2.24) is 5.32 Å². The van der Waals surface area contributed by atoms with Gasteiger partial charge in [0.05, 0.1) is 11.4 Å². The molecular formula is C19H18ClN3O3. The van der Waals surface area contributed by atoms with Gasteiger partial charge in [-0.05, 0) is 23.8 Å². The quantitative estimate of drug-likeness (QED) is 0.848. The lowest BCUT2D eigenvalue weighted by atomic mass is 10.1. The zero-order valence-electron chi connectivity index (χ0n) is 14.0. The van der Waals surface area contributed by atoms with Gasteiger partial charge in [0.1, 0.15) is 6.54 Å². The van der Waals surface area contributed by atoms with Crippen LogP contribution in [0.25, 0.3) is 0 Å². The van der Waals surface area contributed by atoms with Crippen LogP contribution in [0.1, 0.15) is 18.4 Å². The van der Waals surface area contributed by atoms with Crippen LogP contribution in [0.3, 0.4) is 0 Å². The lowest BCUT2D eigenvalue weighted by Gasteiger charge is -2.29. The molecule has 0 atom stereocenters. The van der Waals surface area contributed by atoms with Crippen molar-refractivity contribution in [2.24, 2.45) is 0 Å². The van der Waals surface area contributed by atoms with Crippen LogP contribution < -0.4 is 15.5 Å². The molecule has 6 nitrogen and oxygen atoms in total. The average Bonchev–Trinajstić information content (AvgIpc) is 2.64. The molecule has 1 heterocycles. The Bertz CT molecular complexity index is 853. The molecule has 0 radical (unpaired) electrons. The summed E-state index contributed by atoms with van der Waals surface area (Å²) in [4.78, 5) is 37.7. The van der Waals surface area contributed by atoms with Crippen LogP contribution in [0.4, 0.5) is 11.4 Å². The molecule has 1 aliphatic heterocycles. The molecule has 7 heteroatoms. The van der Waals surface area contributed by atoms with E-state index in [-0.39, 0.29) is 37.1 Å². The van der Waals surface area contributed by atoms with Gasteiger partial charge in [-0.25, -0.2) is 0 Å². The molecule has 0 saturated heterocycles. The number of carbonyl (C=O) groups is 3. The summed E-state index contributed by atoms with van der Waals surface area (Å²) in [5.41, 5.74) is 2.06. The summed E-state index contributed by atoms with van der Waals surface area (Å²) in [7, 11) is 0. The maximum atomic E-state index is 12.5. The Kier molecular flexibility index (Phi) is 5.53. The second-order valence-corrected chi connectivity index (χ2v) is 6.32. The Morgan fingerprint density at radius 3 is 2.62 bits per heavy atom. The van der Waals surface area contributed by atoms with E-state index in [1.54, 1.807) is 30.3 Å². The Morgan fingerprint density at radius 1 is 1.08 bits per heavy atom. The van der Waals surface area contributed by atoms with Gasteiger partial charge in [-0.15, -0.1) is 0 Å². The molecule has 0 aliphatic carbocycles. The Labute approximate surface area is 156 Å². The topological polar surface area (TPSA) is 78.5 Å². The number of halogens is 1. The number of hydrogen-bond donors (Lipinski definition) is 2. The van der Waals surface area contributed by atoms with Crippen LogP contribution in [-0.4, -0.2) is 24.3 Å². The smallest absolute Gasteiger partial charge is 0.244 e. The van der Waals surface area contributed by atoms with Crippen LogP contribution in [-0.2, 0) is 20.9 Å². The number of para-hydroxylation sites is 2. The van der Waals surface area contributed by atoms with E-state index in [1.807, 2.05) is 18.2 Å². The zero-order valence-corrected chi connectivity index (χ0v) is 14.8. The standard InChI is InChI=1S/C19H18ClN3O3/c20-14-6-2-1-5-13(14)11-21-17(24)9-10-19(26)23-12-18(25)22-15-7-3-4-8-16(15)23/h1-8H,9-12H2,(H,21,24)(H,22,25). The van der Waals surface area contributed by atoms with Gasteiger partial charge in [0, 0.05) is 24.4 Å². The number of carbonyl (C=O) groups excluding carboxylic acids is 3. The Hall–Kier alpha value is -2.86. The fraction of sp³-hybridized carbons (Fsp3) is 0.211. The van der Waals surface area contributed by atoms with Crippen molar-refractivity contribution in [3.05, 3.63) is 59.1 Å². The highest BCUT2D eigenvalue weighted by atomic mass is 35.5. The lowest BCUT2D eigenvalue weighted by molar-refractivity contribution is -0.125. The molecule has 2 N–H and O–H groups in total. The molecule has 134 valence electrons. The van der Waals surface area contributed by atoms with Crippen molar-refractivity contribution >= 4 is 40.7 Å². The fourth-order valence-electron chi connectivity index (χ4n) is 2.74. The third-order valence-corrected chi connectivity index (χ3v) is 4.44. The first-order chi connectivity index (χ1) is 12.5. The lowest BCUT2D eigenvalue weighted by Crippen LogP contribution is -2.42. The van der Waals surface area contributed by atoms with Crippen LogP contribution >= 0.6 is 11.6 Å². The highest BCUT2D eigenvalue weighted by Crippen LogP contribution is 2.29. The number of rotatable bonds is 5. The second-order valence-electron chi connectivity index (χ2n) is 5.91. The summed E-state index contributed by atoms with van der Waals surface area (Å²) in [6.45, 7) is 0.263. The van der Waals surface area contributed by atoms with E-state index in [2.05, 4.69) is 10.6 Å². The first-order valence-corrected chi connectivity index (χ1v) is 8.62. The number of anilines is 2. The first-order valence-electron chi connectivity index (χ1n) is 8.24. The van der Waals surface area contributed by atoms with E-state index in [0.717, 1.165) is 5.56 Å². The maximum Gasteiger partial charge on any atom is 0.244 e. The van der Waals surface area contributed by atoms with Crippen molar-refractivity contribution in [2.75, 3.05) is 16.8 Å². The molecule has 2 aromatic carbocycles. The van der Waals surface area contributed by atoms with E-state index in [1.165, 1.54) is 4.90 Å². The Balaban J connectivity index is 1.55. The van der Waals surface area contributed by atoms with E-state index < -0.39 is 0 Å². The molecule has 0 spiro atoms. The molecule has 0 fully saturated rings. The summed E-state index contributed by atoms with van der Waals surface area (Å²) in [5, 5.41) is 6.06. The van der Waals surface area contributed by atoms with E-state index in [9.17, 15) is 14.4 Å². The molecule has 1 aliphatic rings. The summed E-state index contributed by atoms with van der Waals surface area (Å²) in [5.74, 6) is -0.756. The van der Waals surface area contributed by atoms with Crippen LogP contribution in [0, 0.1) is 0 Å². The predicted molar refractivity (Wildman–Crippen MR) is 100.0 cm³/mol. The SMILES string of the molecule is O=C(CCC(=O)N1CC(=O)Nc2ccccc21)NCc1ccccc1Cl. The van der Waals surface area contributed by atoms with Crippen molar-refractivity contribution in [1.29, 1.82) is 0 Å². The van der Waals surface area contributed by atoms with Gasteiger partial charge in [-0.1, -0.05) is 41.9 Å². The van der Waals surface area contributed by atoms with Gasteiger partial charge >= 0.3 is 0 Å². The van der Waals surface area contributed by atoms with Gasteiger partial charge in [0.25, 0.3) is 0 Å². The third-order valence-electron chi connectivity index (χ3n) is 4.07. The number of fused-ring (bicyclic) bond motifs is 1. The highest BCUT2D eigenvalue weighted by molar-refractivity contribution is 6.31. The van der Waals surface area contributed by atoms with E-state index in [0.29, 0.717) is 22.9 Å². The maximum absolute atomic E-state index is 12.5. The van der Waals surface area contributed by atoms with Gasteiger partial charge in [0.15, 0.2) is 0 Å². The molecule has 0 saturated carbocycles. The van der Waals surface area contributed by atoms with Crippen LogP contribution in [0.15, 0.2) is 48.5 Å². The molecular weight excluding hydrogens is 354 g/mol.